The number of unbranched alkanes of at least 4 members (excludes halogenated alkanes) is 1. The molecule has 0 aromatic carbocycles. The van der Waals surface area contributed by atoms with Crippen LogP contribution in [-0.2, 0) is 44.5 Å². The predicted octanol–water partition coefficient (Wildman–Crippen LogP) is 3.95. The Kier molecular flexibility index (Phi) is 24.6. The third-order valence-corrected chi connectivity index (χ3v) is 11.5. The van der Waals surface area contributed by atoms with Crippen molar-refractivity contribution in [3.8, 4) is 0 Å². The van der Waals surface area contributed by atoms with E-state index in [1.165, 1.54) is 0 Å². The fourth-order valence-corrected chi connectivity index (χ4v) is 7.92. The van der Waals surface area contributed by atoms with Crippen LogP contribution in [0, 0.1) is 16.2 Å². The normalized spacial score (nSPS) is 15.6. The summed E-state index contributed by atoms with van der Waals surface area (Å²) in [5.74, 6) is -1.46. The van der Waals surface area contributed by atoms with Crippen LogP contribution in [0.25, 0.3) is 0 Å². The Hall–Kier alpha value is -1.92. The second-order valence-corrected chi connectivity index (χ2v) is 19.6. The molecule has 2 amide bonds. The molecular weight excluding hydrogens is 769 g/mol. The van der Waals surface area contributed by atoms with Crippen molar-refractivity contribution < 1.29 is 56.3 Å². The van der Waals surface area contributed by atoms with E-state index in [4.69, 9.17) is 14.0 Å². The lowest BCUT2D eigenvalue weighted by Crippen LogP contribution is -2.48. The highest BCUT2D eigenvalue weighted by Crippen LogP contribution is 2.45. The summed E-state index contributed by atoms with van der Waals surface area (Å²) in [5.41, 5.74) is -3.47. The highest BCUT2D eigenvalue weighted by atomic mass is 32.2. The molecule has 0 bridgehead atoms. The van der Waals surface area contributed by atoms with E-state index in [9.17, 15) is 33.3 Å². The molecule has 17 heteroatoms. The number of thiol groups is 2. The highest BCUT2D eigenvalue weighted by molar-refractivity contribution is 7.81. The summed E-state index contributed by atoms with van der Waals surface area (Å²) in [4.78, 5) is 64.9. The number of hydrogen-bond donors (Lipinski definition) is 6. The number of rotatable bonds is 31. The number of hydrogen-bond acceptors (Lipinski definition) is 10. The molecule has 0 radical (unpaired) electrons. The van der Waals surface area contributed by atoms with E-state index < -0.39 is 45.2 Å². The minimum absolute atomic E-state index is 0.0215. The van der Waals surface area contributed by atoms with Crippen LogP contribution in [-0.4, -0.2) is 150 Å². The number of amides is 2. The van der Waals surface area contributed by atoms with Gasteiger partial charge in [0, 0.05) is 36.5 Å². The number of quaternary nitrogens is 2. The van der Waals surface area contributed by atoms with Crippen LogP contribution in [0.15, 0.2) is 0 Å². The molecule has 14 nitrogen and oxygen atoms in total. The lowest BCUT2D eigenvalue weighted by molar-refractivity contribution is -0.890. The number of carboxylic acids is 1. The highest BCUT2D eigenvalue weighted by Gasteiger charge is 2.49. The van der Waals surface area contributed by atoms with E-state index in [1.807, 2.05) is 35.1 Å². The maximum atomic E-state index is 14.0. The van der Waals surface area contributed by atoms with Crippen molar-refractivity contribution >= 4 is 66.1 Å². The Morgan fingerprint density at radius 3 is 1.98 bits per heavy atom. The van der Waals surface area contributed by atoms with Gasteiger partial charge in [0.2, 0.25) is 11.8 Å². The Morgan fingerprint density at radius 2 is 1.40 bits per heavy atom. The number of likely N-dealkylation sites (N-methyl/N-ethyl adjacent to an activating group) is 2. The fraction of sp³-hybridized carbons (Fsp3) is 0.868. The van der Waals surface area contributed by atoms with Crippen LogP contribution in [0.2, 0.25) is 0 Å². The van der Waals surface area contributed by atoms with Gasteiger partial charge >= 0.3 is 17.9 Å². The van der Waals surface area contributed by atoms with Crippen LogP contribution < -0.4 is 10.6 Å². The van der Waals surface area contributed by atoms with E-state index in [0.29, 0.717) is 56.3 Å². The second kappa shape index (κ2) is 25.4. The molecule has 322 valence electrons. The summed E-state index contributed by atoms with van der Waals surface area (Å²) < 4.78 is 32.3. The molecule has 0 fully saturated rings. The van der Waals surface area contributed by atoms with Crippen molar-refractivity contribution in [1.29, 1.82) is 0 Å². The van der Waals surface area contributed by atoms with Crippen LogP contribution in [0.1, 0.15) is 98.8 Å². The first-order valence-electron chi connectivity index (χ1n) is 19.5. The van der Waals surface area contributed by atoms with Gasteiger partial charge in [-0.3, -0.25) is 19.2 Å². The van der Waals surface area contributed by atoms with Crippen LogP contribution in [0.5, 0.6) is 0 Å². The number of carbonyl (C=O) groups excluding carboxylic acids is 4. The quantitative estimate of drug-likeness (QED) is 0.0197. The van der Waals surface area contributed by atoms with Crippen molar-refractivity contribution in [1.82, 2.24) is 10.6 Å². The van der Waals surface area contributed by atoms with Gasteiger partial charge in [-0.2, -0.15) is 25.3 Å². The molecule has 4 atom stereocenters. The minimum Gasteiger partial charge on any atom is -0.477 e. The van der Waals surface area contributed by atoms with Crippen molar-refractivity contribution in [2.45, 2.75) is 104 Å². The average Bonchev–Trinajstić information content (AvgIpc) is 3.05. The number of esters is 2. The number of nitrogens with one attached hydrogen (secondary N) is 2. The third-order valence-electron chi connectivity index (χ3n) is 10.1. The number of aliphatic carboxylic acids is 1. The minimum atomic E-state index is -1.87. The number of ether oxygens (including phenoxy) is 2. The van der Waals surface area contributed by atoms with Gasteiger partial charge in [-0.15, -0.1) is 0 Å². The summed E-state index contributed by atoms with van der Waals surface area (Å²) in [5, 5.41) is 15.2. The molecule has 0 spiro atoms. The molecule has 0 saturated carbocycles. The zero-order valence-corrected chi connectivity index (χ0v) is 37.7. The smallest absolute Gasteiger partial charge is 0.359 e. The molecule has 0 heterocycles. The Morgan fingerprint density at radius 1 is 0.782 bits per heavy atom. The van der Waals surface area contributed by atoms with Gasteiger partial charge in [0.05, 0.1) is 64.4 Å². The van der Waals surface area contributed by atoms with Gasteiger partial charge in [0.15, 0.2) is 17.6 Å². The number of carboxylic acid groups (broad SMARTS) is 1. The summed E-state index contributed by atoms with van der Waals surface area (Å²) in [6.45, 7) is 10.8. The molecule has 4 N–H and O–H groups in total. The second-order valence-electron chi connectivity index (χ2n) is 17.3. The molecule has 0 aliphatic carbocycles. The van der Waals surface area contributed by atoms with Gasteiger partial charge < -0.3 is 38.7 Å². The molecule has 0 aromatic heterocycles. The maximum Gasteiger partial charge on any atom is 0.359 e. The first-order valence-corrected chi connectivity index (χ1v) is 21.9. The largest absolute Gasteiger partial charge is 0.477 e. The van der Waals surface area contributed by atoms with E-state index in [0.717, 1.165) is 31.4 Å². The van der Waals surface area contributed by atoms with Crippen LogP contribution in [0.4, 0.5) is 0 Å². The van der Waals surface area contributed by atoms with Gasteiger partial charge in [0.25, 0.3) is 0 Å². The Labute approximate surface area is 344 Å². The standard InChI is InChI=1S/C38H72N4O10S3/c1-10-37(4,33(46)40-18-13-20-42(8,9)27-32(44)45)29-38(5,35(48)51-23-19-39-31(43)16-12-11-15-30(54)17-25-53)28-36(2,3)34(47)52-24-22-41(6,7)21-14-26-55(49)50/h30H,10-29H2,1-9H3,(H4-2,39,40,43,44,45,46,49,50,53,54)/p+2. The van der Waals surface area contributed by atoms with Crippen LogP contribution >= 0.6 is 25.3 Å². The first-order chi connectivity index (χ1) is 25.3. The number of nitrogens with zero attached hydrogens (tertiary/aromatic N) is 2. The van der Waals surface area contributed by atoms with Crippen molar-refractivity contribution in [2.24, 2.45) is 16.2 Å². The van der Waals surface area contributed by atoms with E-state index in [2.05, 4.69) is 35.9 Å². The van der Waals surface area contributed by atoms with E-state index in [-0.39, 0.29) is 66.4 Å². The summed E-state index contributed by atoms with van der Waals surface area (Å²) in [6, 6.07) is 0. The van der Waals surface area contributed by atoms with Crippen LogP contribution in [0.3, 0.4) is 0 Å². The SMILES string of the molecule is CCC(C)(CC(C)(CC(C)(C)C(=O)OCC[N+](C)(C)CCCS(=O)O)C(=O)OCCNC(=O)CCCCC(S)CCS)C(=O)NCCC[N+](C)(C)CC(=O)O. The maximum absolute atomic E-state index is 14.0. The summed E-state index contributed by atoms with van der Waals surface area (Å²) in [6.07, 6.45) is 5.34. The first kappa shape index (κ1) is 53.1. The lowest BCUT2D eigenvalue weighted by Gasteiger charge is -2.40. The Balaban J connectivity index is 5.77. The molecule has 0 saturated heterocycles. The van der Waals surface area contributed by atoms with E-state index >= 15 is 0 Å². The molecule has 0 aliphatic rings. The predicted molar refractivity (Wildman–Crippen MR) is 223 cm³/mol. The Bertz CT molecular complexity index is 1250. The van der Waals surface area contributed by atoms with Crippen molar-refractivity contribution in [2.75, 3.05) is 92.2 Å². The van der Waals surface area contributed by atoms with Gasteiger partial charge in [-0.25, -0.2) is 9.00 Å². The monoisotopic (exact) mass is 842 g/mol. The zero-order valence-electron chi connectivity index (χ0n) is 35.1. The molecule has 4 unspecified atom stereocenters. The zero-order chi connectivity index (χ0) is 42.5. The van der Waals surface area contributed by atoms with Gasteiger partial charge in [-0.05, 0) is 65.0 Å². The van der Waals surface area contributed by atoms with Gasteiger partial charge in [-0.1, -0.05) is 20.3 Å². The summed E-state index contributed by atoms with van der Waals surface area (Å²) in [7, 11) is 7.53. The van der Waals surface area contributed by atoms with Crippen molar-refractivity contribution in [3.05, 3.63) is 0 Å². The third kappa shape index (κ3) is 23.2. The molecule has 0 rings (SSSR count). The topological polar surface area (TPSA) is 185 Å². The van der Waals surface area contributed by atoms with Gasteiger partial charge in [0.1, 0.15) is 19.8 Å². The molecule has 0 aromatic rings. The molecular formula is C38H74N4O10S3+2. The molecule has 55 heavy (non-hydrogen) atoms. The number of carbonyl (C=O) groups is 5. The molecule has 0 aliphatic heterocycles. The lowest BCUT2D eigenvalue weighted by atomic mass is 9.64. The van der Waals surface area contributed by atoms with Crippen molar-refractivity contribution in [3.63, 3.8) is 0 Å². The fourth-order valence-electron chi connectivity index (χ4n) is 6.71. The summed E-state index contributed by atoms with van der Waals surface area (Å²) >= 11 is 6.89. The van der Waals surface area contributed by atoms with E-state index in [1.54, 1.807) is 27.7 Å². The average molecular weight is 843 g/mol.